The largest absolute Gasteiger partial charge is 2.00 e. The number of halogens is 1. The van der Waals surface area contributed by atoms with Gasteiger partial charge in [0.15, 0.2) is 0 Å². The molecule has 0 bridgehead atoms. The first-order valence-electron chi connectivity index (χ1n) is 2.45. The number of rotatable bonds is 4. The molecule has 0 amide bonds. The van der Waals surface area contributed by atoms with E-state index in [0.717, 1.165) is 12.8 Å². The van der Waals surface area contributed by atoms with E-state index >= 15 is 0 Å². The molecule has 48 valence electrons. The molecular weight excluding hydrogens is 144 g/mol. The maximum atomic E-state index is 3.57. The fourth-order valence-corrected chi connectivity index (χ4v) is 0.332. The van der Waals surface area contributed by atoms with Gasteiger partial charge in [0.05, 0.1) is 0 Å². The normalized spacial score (nSPS) is 6.22. The van der Waals surface area contributed by atoms with Crippen LogP contribution in [-0.2, 0) is 0 Å². The van der Waals surface area contributed by atoms with Gasteiger partial charge in [0.25, 0.3) is 0 Å². The molecule has 0 N–H and O–H groups in total. The van der Waals surface area contributed by atoms with Crippen molar-refractivity contribution in [3.63, 3.8) is 0 Å². The van der Waals surface area contributed by atoms with Crippen LogP contribution in [0.3, 0.4) is 0 Å². The molecule has 0 radical (unpaired) electrons. The van der Waals surface area contributed by atoms with Crippen LogP contribution in [0.2, 0.25) is 0 Å². The molecule has 0 spiro atoms. The first-order valence-corrected chi connectivity index (χ1v) is 2.45. The molecule has 0 aliphatic rings. The quantitative estimate of drug-likeness (QED) is 0.210. The Labute approximate surface area is 80.0 Å². The zero-order chi connectivity index (χ0) is 5.54. The van der Waals surface area contributed by atoms with Gasteiger partial charge in [-0.1, -0.05) is 0 Å². The first-order chi connectivity index (χ1) is 3.41. The van der Waals surface area contributed by atoms with Crippen molar-refractivity contribution in [2.75, 3.05) is 0 Å². The third-order valence-electron chi connectivity index (χ3n) is 0.667. The topological polar surface area (TPSA) is 0 Å². The molecule has 0 unspecified atom stereocenters. The van der Waals surface area contributed by atoms with E-state index in [1.807, 2.05) is 12.2 Å². The monoisotopic (exact) mass is 154 g/mol. The Morgan fingerprint density at radius 2 is 1.44 bits per heavy atom. The summed E-state index contributed by atoms with van der Waals surface area (Å²) in [5, 5.41) is 0. The van der Waals surface area contributed by atoms with Crippen molar-refractivity contribution in [3.8, 4) is 0 Å². The Bertz CT molecular complexity index is 53.9. The maximum absolute atomic E-state index is 3.57. The molecule has 0 aliphatic heterocycles. The number of unbranched alkanes of at least 4 members (excludes halogenated alkanes) is 2. The molecule has 0 fully saturated rings. The SMILES string of the molecule is C=CC[CH-]CC=C.[Cl-].[Mg+2]. The molecule has 0 atom stereocenters. The zero-order valence-electron chi connectivity index (χ0n) is 5.65. The second-order valence-electron chi connectivity index (χ2n) is 1.34. The van der Waals surface area contributed by atoms with Crippen molar-refractivity contribution in [3.05, 3.63) is 31.7 Å². The average molecular weight is 155 g/mol. The van der Waals surface area contributed by atoms with Crippen LogP contribution in [0.25, 0.3) is 0 Å². The van der Waals surface area contributed by atoms with Gasteiger partial charge in [-0.15, -0.1) is 25.3 Å². The van der Waals surface area contributed by atoms with Crippen LogP contribution in [0.5, 0.6) is 0 Å². The van der Waals surface area contributed by atoms with E-state index in [2.05, 4.69) is 19.6 Å². The zero-order valence-corrected chi connectivity index (χ0v) is 7.82. The van der Waals surface area contributed by atoms with Crippen molar-refractivity contribution in [2.45, 2.75) is 12.8 Å². The van der Waals surface area contributed by atoms with Gasteiger partial charge in [-0.05, 0) is 0 Å². The van der Waals surface area contributed by atoms with Crippen LogP contribution in [0.15, 0.2) is 25.3 Å². The molecule has 0 aromatic heterocycles. The summed E-state index contributed by atoms with van der Waals surface area (Å²) in [5.41, 5.74) is 0. The third kappa shape index (κ3) is 17.7. The van der Waals surface area contributed by atoms with Gasteiger partial charge < -0.3 is 18.8 Å². The number of allylic oxidation sites excluding steroid dienone is 2. The van der Waals surface area contributed by atoms with E-state index in [9.17, 15) is 0 Å². The Hall–Kier alpha value is 0.536. The van der Waals surface area contributed by atoms with E-state index in [4.69, 9.17) is 0 Å². The number of hydrogen-bond acceptors (Lipinski definition) is 0. The Morgan fingerprint density at radius 3 is 1.67 bits per heavy atom. The van der Waals surface area contributed by atoms with Gasteiger partial charge in [0, 0.05) is 0 Å². The summed E-state index contributed by atoms with van der Waals surface area (Å²) >= 11 is 0. The van der Waals surface area contributed by atoms with Crippen LogP contribution in [-0.4, -0.2) is 23.1 Å². The van der Waals surface area contributed by atoms with Gasteiger partial charge in [-0.2, -0.15) is 12.8 Å². The van der Waals surface area contributed by atoms with Gasteiger partial charge in [-0.25, -0.2) is 0 Å². The average Bonchev–Trinajstić information content (AvgIpc) is 1.69. The summed E-state index contributed by atoms with van der Waals surface area (Å²) in [6, 6.07) is 0. The molecule has 2 heteroatoms. The van der Waals surface area contributed by atoms with Gasteiger partial charge in [0.2, 0.25) is 0 Å². The van der Waals surface area contributed by atoms with Crippen LogP contribution in [0.1, 0.15) is 12.8 Å². The molecule has 0 rings (SSSR count). The number of hydrogen-bond donors (Lipinski definition) is 0. The van der Waals surface area contributed by atoms with Gasteiger partial charge in [-0.3, -0.25) is 0 Å². The smallest absolute Gasteiger partial charge is 1.00 e. The standard InChI is InChI=1S/C7H11.ClH.Mg/c1-3-5-7-6-4-2;;/h3-4,7H,1-2,5-6H2;1H;/q-1;;+2/p-1. The minimum Gasteiger partial charge on any atom is -1.00 e. The fraction of sp³-hybridized carbons (Fsp3) is 0.286. The van der Waals surface area contributed by atoms with Crippen molar-refractivity contribution in [1.29, 1.82) is 0 Å². The third-order valence-corrected chi connectivity index (χ3v) is 0.667. The summed E-state index contributed by atoms with van der Waals surface area (Å²) in [4.78, 5) is 0. The first kappa shape index (κ1) is 16.3. The van der Waals surface area contributed by atoms with E-state index < -0.39 is 0 Å². The van der Waals surface area contributed by atoms with E-state index in [-0.39, 0.29) is 35.5 Å². The second kappa shape index (κ2) is 15.8. The van der Waals surface area contributed by atoms with Gasteiger partial charge in [0.1, 0.15) is 0 Å². The van der Waals surface area contributed by atoms with Crippen molar-refractivity contribution in [2.24, 2.45) is 0 Å². The van der Waals surface area contributed by atoms with Crippen molar-refractivity contribution in [1.82, 2.24) is 0 Å². The second-order valence-corrected chi connectivity index (χ2v) is 1.34. The molecule has 0 aliphatic carbocycles. The van der Waals surface area contributed by atoms with E-state index in [0.29, 0.717) is 0 Å². The summed E-state index contributed by atoms with van der Waals surface area (Å²) < 4.78 is 0. The minimum atomic E-state index is 0. The molecule has 0 saturated carbocycles. The molecule has 0 saturated heterocycles. The summed E-state index contributed by atoms with van der Waals surface area (Å²) in [7, 11) is 0. The predicted molar refractivity (Wildman–Crippen MR) is 39.7 cm³/mol. The Morgan fingerprint density at radius 1 is 1.11 bits per heavy atom. The molecule has 0 aromatic rings. The van der Waals surface area contributed by atoms with E-state index in [1.54, 1.807) is 0 Å². The maximum Gasteiger partial charge on any atom is 2.00 e. The van der Waals surface area contributed by atoms with E-state index in [1.165, 1.54) is 0 Å². The Balaban J connectivity index is -0.000000180. The van der Waals surface area contributed by atoms with Crippen LogP contribution < -0.4 is 12.4 Å². The van der Waals surface area contributed by atoms with Crippen molar-refractivity contribution < 1.29 is 12.4 Å². The molecule has 0 heterocycles. The van der Waals surface area contributed by atoms with Crippen molar-refractivity contribution >= 4 is 23.1 Å². The summed E-state index contributed by atoms with van der Waals surface area (Å²) in [6.45, 7) is 7.13. The van der Waals surface area contributed by atoms with Crippen LogP contribution in [0, 0.1) is 6.42 Å². The molecule has 0 nitrogen and oxygen atoms in total. The summed E-state index contributed by atoms with van der Waals surface area (Å²) in [5.74, 6) is 0. The minimum absolute atomic E-state index is 0. The molecule has 0 aromatic carbocycles. The predicted octanol–water partition coefficient (Wildman–Crippen LogP) is -1.03. The molecular formula is C7H11ClMg. The van der Waals surface area contributed by atoms with Crippen LogP contribution >= 0.6 is 0 Å². The summed E-state index contributed by atoms with van der Waals surface area (Å²) in [6.07, 6.45) is 7.87. The van der Waals surface area contributed by atoms with Crippen LogP contribution in [0.4, 0.5) is 0 Å². The Kier molecular flexibility index (Phi) is 28.6. The van der Waals surface area contributed by atoms with Gasteiger partial charge >= 0.3 is 23.1 Å². The fourth-order valence-electron chi connectivity index (χ4n) is 0.332. The molecule has 9 heavy (non-hydrogen) atoms.